The van der Waals surface area contributed by atoms with E-state index in [9.17, 15) is 4.79 Å². The van der Waals surface area contributed by atoms with Crippen molar-refractivity contribution in [1.29, 1.82) is 0 Å². The lowest BCUT2D eigenvalue weighted by atomic mass is 10.2. The van der Waals surface area contributed by atoms with E-state index in [0.29, 0.717) is 5.88 Å². The molecule has 2 aromatic rings. The van der Waals surface area contributed by atoms with Crippen molar-refractivity contribution in [3.05, 3.63) is 35.7 Å². The fourth-order valence-electron chi connectivity index (χ4n) is 1.17. The number of nitrogens with zero attached hydrogens (tertiary/aromatic N) is 1. The minimum Gasteiger partial charge on any atom is -0.407 e. The van der Waals surface area contributed by atoms with Gasteiger partial charge in [0, 0.05) is 12.5 Å². The maximum absolute atomic E-state index is 10.7. The number of ether oxygens (including phenoxy) is 1. The zero-order valence-corrected chi connectivity index (χ0v) is 8.95. The van der Waals surface area contributed by atoms with Crippen LogP contribution in [0.1, 0.15) is 6.92 Å². The van der Waals surface area contributed by atoms with Crippen LogP contribution < -0.4 is 4.74 Å². The van der Waals surface area contributed by atoms with E-state index in [2.05, 4.69) is 4.98 Å². The molecule has 0 unspecified atom stereocenters. The van der Waals surface area contributed by atoms with Crippen molar-refractivity contribution in [1.82, 2.24) is 4.98 Å². The SMILES string of the molecule is CC(=O)Oc1csc(-c2ccccc2)n1. The van der Waals surface area contributed by atoms with E-state index in [1.54, 1.807) is 5.38 Å². The molecule has 4 heteroatoms. The molecule has 0 spiro atoms. The standard InChI is InChI=1S/C11H9NO2S/c1-8(13)14-10-7-15-11(12-10)9-5-3-2-4-6-9/h2-7H,1H3. The molecule has 0 N–H and O–H groups in total. The highest BCUT2D eigenvalue weighted by molar-refractivity contribution is 7.13. The molecule has 0 saturated heterocycles. The van der Waals surface area contributed by atoms with Crippen LogP contribution in [-0.4, -0.2) is 11.0 Å². The molecule has 0 bridgehead atoms. The Kier molecular flexibility index (Phi) is 2.78. The fourth-order valence-corrected chi connectivity index (χ4v) is 1.89. The van der Waals surface area contributed by atoms with E-state index in [0.717, 1.165) is 10.6 Å². The number of carbonyl (C=O) groups is 1. The minimum absolute atomic E-state index is 0.347. The summed E-state index contributed by atoms with van der Waals surface area (Å²) in [6.45, 7) is 1.36. The topological polar surface area (TPSA) is 39.2 Å². The van der Waals surface area contributed by atoms with Crippen molar-refractivity contribution in [2.45, 2.75) is 6.92 Å². The van der Waals surface area contributed by atoms with Crippen LogP contribution in [0.2, 0.25) is 0 Å². The van der Waals surface area contributed by atoms with E-state index < -0.39 is 0 Å². The van der Waals surface area contributed by atoms with Crippen molar-refractivity contribution in [2.24, 2.45) is 0 Å². The largest absolute Gasteiger partial charge is 0.407 e. The Morgan fingerprint density at radius 3 is 2.73 bits per heavy atom. The molecule has 1 heterocycles. The lowest BCUT2D eigenvalue weighted by Crippen LogP contribution is -2.01. The summed E-state index contributed by atoms with van der Waals surface area (Å²) < 4.78 is 4.88. The number of aromatic nitrogens is 1. The number of rotatable bonds is 2. The molecule has 0 fully saturated rings. The number of hydrogen-bond acceptors (Lipinski definition) is 4. The van der Waals surface area contributed by atoms with Gasteiger partial charge in [-0.05, 0) is 0 Å². The normalized spacial score (nSPS) is 9.93. The molecule has 2 rings (SSSR count). The molecule has 3 nitrogen and oxygen atoms in total. The first-order valence-electron chi connectivity index (χ1n) is 4.45. The lowest BCUT2D eigenvalue weighted by Gasteiger charge is -1.94. The van der Waals surface area contributed by atoms with Gasteiger partial charge in [-0.1, -0.05) is 30.3 Å². The Hall–Kier alpha value is -1.68. The van der Waals surface area contributed by atoms with Crippen molar-refractivity contribution in [2.75, 3.05) is 0 Å². The Morgan fingerprint density at radius 1 is 1.33 bits per heavy atom. The van der Waals surface area contributed by atoms with Gasteiger partial charge in [-0.2, -0.15) is 0 Å². The third-order valence-corrected chi connectivity index (χ3v) is 2.62. The molecule has 1 aromatic carbocycles. The van der Waals surface area contributed by atoms with E-state index in [-0.39, 0.29) is 5.97 Å². The maximum Gasteiger partial charge on any atom is 0.309 e. The molecule has 0 aliphatic heterocycles. The molecule has 1 aromatic heterocycles. The van der Waals surface area contributed by atoms with E-state index in [1.807, 2.05) is 30.3 Å². The van der Waals surface area contributed by atoms with Crippen molar-refractivity contribution < 1.29 is 9.53 Å². The number of hydrogen-bond donors (Lipinski definition) is 0. The summed E-state index contributed by atoms with van der Waals surface area (Å²) in [4.78, 5) is 14.9. The molecule has 0 aliphatic rings. The van der Waals surface area contributed by atoms with Gasteiger partial charge in [-0.3, -0.25) is 4.79 Å². The summed E-state index contributed by atoms with van der Waals surface area (Å²) in [6.07, 6.45) is 0. The molecule has 0 aliphatic carbocycles. The van der Waals surface area contributed by atoms with Crippen LogP contribution in [0.25, 0.3) is 10.6 Å². The van der Waals surface area contributed by atoms with Gasteiger partial charge in [0.2, 0.25) is 5.88 Å². The Morgan fingerprint density at radius 2 is 2.07 bits per heavy atom. The average Bonchev–Trinajstić information content (AvgIpc) is 2.67. The average molecular weight is 219 g/mol. The highest BCUT2D eigenvalue weighted by Gasteiger charge is 2.06. The second-order valence-electron chi connectivity index (χ2n) is 2.95. The van der Waals surface area contributed by atoms with Crippen LogP contribution in [0.3, 0.4) is 0 Å². The summed E-state index contributed by atoms with van der Waals surface area (Å²) in [6, 6.07) is 9.78. The van der Waals surface area contributed by atoms with Gasteiger partial charge in [0.15, 0.2) is 0 Å². The quantitative estimate of drug-likeness (QED) is 0.729. The first-order chi connectivity index (χ1) is 7.25. The van der Waals surface area contributed by atoms with Crippen LogP contribution in [0.15, 0.2) is 35.7 Å². The minimum atomic E-state index is -0.347. The summed E-state index contributed by atoms with van der Waals surface area (Å²) in [7, 11) is 0. The lowest BCUT2D eigenvalue weighted by molar-refractivity contribution is -0.132. The van der Waals surface area contributed by atoms with Crippen LogP contribution in [0, 0.1) is 0 Å². The molecular weight excluding hydrogens is 210 g/mol. The van der Waals surface area contributed by atoms with E-state index in [4.69, 9.17) is 4.74 Å². The number of thiazole rings is 1. The first kappa shape index (κ1) is 9.86. The molecular formula is C11H9NO2S. The monoisotopic (exact) mass is 219 g/mol. The van der Waals surface area contributed by atoms with Crippen molar-refractivity contribution >= 4 is 17.3 Å². The van der Waals surface area contributed by atoms with E-state index in [1.165, 1.54) is 18.3 Å². The van der Waals surface area contributed by atoms with Gasteiger partial charge in [0.05, 0.1) is 5.38 Å². The highest BCUT2D eigenvalue weighted by atomic mass is 32.1. The maximum atomic E-state index is 10.7. The van der Waals surface area contributed by atoms with Gasteiger partial charge in [-0.25, -0.2) is 4.98 Å². The van der Waals surface area contributed by atoms with Crippen LogP contribution >= 0.6 is 11.3 Å². The second kappa shape index (κ2) is 4.23. The van der Waals surface area contributed by atoms with Crippen molar-refractivity contribution in [3.8, 4) is 16.5 Å². The molecule has 0 atom stereocenters. The molecule has 76 valence electrons. The summed E-state index contributed by atoms with van der Waals surface area (Å²) in [5.41, 5.74) is 1.03. The number of benzene rings is 1. The van der Waals surface area contributed by atoms with Gasteiger partial charge in [0.1, 0.15) is 5.01 Å². The summed E-state index contributed by atoms with van der Waals surface area (Å²) >= 11 is 1.46. The smallest absolute Gasteiger partial charge is 0.309 e. The summed E-state index contributed by atoms with van der Waals surface area (Å²) in [5, 5.41) is 2.58. The third-order valence-electron chi connectivity index (χ3n) is 1.75. The second-order valence-corrected chi connectivity index (χ2v) is 3.81. The third kappa shape index (κ3) is 2.41. The first-order valence-corrected chi connectivity index (χ1v) is 5.33. The van der Waals surface area contributed by atoms with Crippen LogP contribution in [-0.2, 0) is 4.79 Å². The van der Waals surface area contributed by atoms with Crippen LogP contribution in [0.5, 0.6) is 5.88 Å². The molecule has 0 amide bonds. The molecule has 0 saturated carbocycles. The Labute approximate surface area is 91.4 Å². The van der Waals surface area contributed by atoms with Crippen LogP contribution in [0.4, 0.5) is 0 Å². The number of esters is 1. The van der Waals surface area contributed by atoms with Gasteiger partial charge in [-0.15, -0.1) is 11.3 Å². The van der Waals surface area contributed by atoms with Crippen molar-refractivity contribution in [3.63, 3.8) is 0 Å². The highest BCUT2D eigenvalue weighted by Crippen LogP contribution is 2.26. The zero-order valence-electron chi connectivity index (χ0n) is 8.14. The predicted molar refractivity (Wildman–Crippen MR) is 58.9 cm³/mol. The predicted octanol–water partition coefficient (Wildman–Crippen LogP) is 2.74. The molecule has 0 radical (unpaired) electrons. The van der Waals surface area contributed by atoms with E-state index >= 15 is 0 Å². The Bertz CT molecular complexity index is 464. The molecule has 15 heavy (non-hydrogen) atoms. The van der Waals surface area contributed by atoms with Gasteiger partial charge in [0.25, 0.3) is 0 Å². The zero-order chi connectivity index (χ0) is 10.7. The van der Waals surface area contributed by atoms with Gasteiger partial charge >= 0.3 is 5.97 Å². The number of carbonyl (C=O) groups excluding carboxylic acids is 1. The summed E-state index contributed by atoms with van der Waals surface area (Å²) in [5.74, 6) is 0.0197. The fraction of sp³-hybridized carbons (Fsp3) is 0.0909. The Balaban J connectivity index is 2.24. The van der Waals surface area contributed by atoms with Gasteiger partial charge < -0.3 is 4.74 Å².